The number of morpholine rings is 1. The third-order valence-corrected chi connectivity index (χ3v) is 3.62. The average Bonchev–Trinajstić information content (AvgIpc) is 2.30. The van der Waals surface area contributed by atoms with Gasteiger partial charge in [-0.15, -0.1) is 0 Å². The minimum atomic E-state index is 0.0899. The van der Waals surface area contributed by atoms with Crippen molar-refractivity contribution in [1.29, 1.82) is 0 Å². The fraction of sp³-hybridized carbons (Fsp3) is 0.538. The highest BCUT2D eigenvalue weighted by atomic mass is 16.5. The van der Waals surface area contributed by atoms with Crippen molar-refractivity contribution in [2.24, 2.45) is 0 Å². The molecule has 1 aliphatic carbocycles. The molecule has 80 valence electrons. The lowest BCUT2D eigenvalue weighted by Gasteiger charge is -2.41. The van der Waals surface area contributed by atoms with Crippen molar-refractivity contribution in [2.45, 2.75) is 24.9 Å². The van der Waals surface area contributed by atoms with Crippen LogP contribution < -0.4 is 5.32 Å². The van der Waals surface area contributed by atoms with Crippen LogP contribution in [0.4, 0.5) is 0 Å². The second-order valence-electron chi connectivity index (χ2n) is 4.65. The topological polar surface area (TPSA) is 21.3 Å². The summed E-state index contributed by atoms with van der Waals surface area (Å²) in [7, 11) is 0. The summed E-state index contributed by atoms with van der Waals surface area (Å²) in [5.74, 6) is 0. The molecule has 2 nitrogen and oxygen atoms in total. The highest BCUT2D eigenvalue weighted by molar-refractivity contribution is 5.31. The van der Waals surface area contributed by atoms with Gasteiger partial charge in [0.1, 0.15) is 0 Å². The van der Waals surface area contributed by atoms with Gasteiger partial charge >= 0.3 is 0 Å². The molecule has 1 saturated heterocycles. The van der Waals surface area contributed by atoms with Crippen LogP contribution in [0.25, 0.3) is 0 Å². The minimum absolute atomic E-state index is 0.0899. The Labute approximate surface area is 90.6 Å². The largest absolute Gasteiger partial charge is 0.372 e. The summed E-state index contributed by atoms with van der Waals surface area (Å²) in [6.45, 7) is 2.88. The summed E-state index contributed by atoms with van der Waals surface area (Å²) in [5, 5.41) is 3.45. The van der Waals surface area contributed by atoms with Crippen LogP contribution in [-0.2, 0) is 17.6 Å². The molecule has 2 aliphatic rings. The zero-order valence-corrected chi connectivity index (χ0v) is 8.96. The molecule has 1 atom stereocenters. The Balaban J connectivity index is 1.87. The van der Waals surface area contributed by atoms with E-state index in [0.717, 1.165) is 39.0 Å². The van der Waals surface area contributed by atoms with E-state index in [1.807, 2.05) is 0 Å². The predicted octanol–water partition coefficient (Wildman–Crippen LogP) is 1.53. The Kier molecular flexibility index (Phi) is 2.26. The third-order valence-electron chi connectivity index (χ3n) is 3.62. The van der Waals surface area contributed by atoms with Crippen LogP contribution in [0.3, 0.4) is 0 Å². The first-order valence-corrected chi connectivity index (χ1v) is 5.80. The van der Waals surface area contributed by atoms with Gasteiger partial charge in [-0.2, -0.15) is 0 Å². The van der Waals surface area contributed by atoms with Crippen LogP contribution in [0, 0.1) is 0 Å². The van der Waals surface area contributed by atoms with Gasteiger partial charge in [0, 0.05) is 19.5 Å². The van der Waals surface area contributed by atoms with E-state index in [-0.39, 0.29) is 5.60 Å². The van der Waals surface area contributed by atoms with E-state index in [4.69, 9.17) is 4.74 Å². The molecule has 1 unspecified atom stereocenters. The molecule has 2 heteroatoms. The van der Waals surface area contributed by atoms with Gasteiger partial charge in [-0.05, 0) is 24.0 Å². The second kappa shape index (κ2) is 3.62. The maximum atomic E-state index is 6.00. The van der Waals surface area contributed by atoms with Crippen molar-refractivity contribution < 1.29 is 4.74 Å². The van der Waals surface area contributed by atoms with Crippen LogP contribution in [0.15, 0.2) is 24.3 Å². The van der Waals surface area contributed by atoms with Crippen molar-refractivity contribution in [1.82, 2.24) is 5.32 Å². The molecule has 0 bridgehead atoms. The molecule has 1 aliphatic heterocycles. The van der Waals surface area contributed by atoms with E-state index in [2.05, 4.69) is 29.6 Å². The Morgan fingerprint density at radius 2 is 2.07 bits per heavy atom. The fourth-order valence-corrected chi connectivity index (χ4v) is 2.75. The van der Waals surface area contributed by atoms with Gasteiger partial charge in [-0.3, -0.25) is 0 Å². The molecule has 1 fully saturated rings. The minimum Gasteiger partial charge on any atom is -0.372 e. The molecule has 15 heavy (non-hydrogen) atoms. The maximum absolute atomic E-state index is 6.00. The Morgan fingerprint density at radius 3 is 2.87 bits per heavy atom. The molecule has 0 saturated carbocycles. The molecule has 1 heterocycles. The number of fused-ring (bicyclic) bond motifs is 1. The lowest BCUT2D eigenvalue weighted by atomic mass is 9.80. The van der Waals surface area contributed by atoms with Gasteiger partial charge < -0.3 is 10.1 Å². The van der Waals surface area contributed by atoms with E-state index in [0.29, 0.717) is 0 Å². The van der Waals surface area contributed by atoms with Crippen molar-refractivity contribution in [3.63, 3.8) is 0 Å². The number of hydrogen-bond donors (Lipinski definition) is 1. The maximum Gasteiger partial charge on any atom is 0.0850 e. The van der Waals surface area contributed by atoms with Crippen molar-refractivity contribution in [3.05, 3.63) is 35.4 Å². The van der Waals surface area contributed by atoms with Gasteiger partial charge in [0.05, 0.1) is 12.2 Å². The molecule has 0 radical (unpaired) electrons. The van der Waals surface area contributed by atoms with Crippen LogP contribution >= 0.6 is 0 Å². The van der Waals surface area contributed by atoms with Crippen molar-refractivity contribution >= 4 is 0 Å². The van der Waals surface area contributed by atoms with Crippen LogP contribution in [0.2, 0.25) is 0 Å². The van der Waals surface area contributed by atoms with Crippen LogP contribution in [0.1, 0.15) is 17.5 Å². The van der Waals surface area contributed by atoms with Crippen molar-refractivity contribution in [2.75, 3.05) is 19.7 Å². The number of nitrogens with one attached hydrogen (secondary N) is 1. The monoisotopic (exact) mass is 203 g/mol. The highest BCUT2D eigenvalue weighted by Gasteiger charge is 2.36. The smallest absolute Gasteiger partial charge is 0.0850 e. The highest BCUT2D eigenvalue weighted by Crippen LogP contribution is 2.32. The first-order chi connectivity index (χ1) is 7.38. The number of ether oxygens (including phenoxy) is 1. The first kappa shape index (κ1) is 9.37. The number of benzene rings is 1. The van der Waals surface area contributed by atoms with E-state index in [1.165, 1.54) is 11.1 Å². The first-order valence-electron chi connectivity index (χ1n) is 5.80. The van der Waals surface area contributed by atoms with E-state index in [1.54, 1.807) is 0 Å². The molecule has 1 aromatic rings. The predicted molar refractivity (Wildman–Crippen MR) is 60.0 cm³/mol. The third kappa shape index (κ3) is 1.68. The second-order valence-corrected chi connectivity index (χ2v) is 4.65. The zero-order valence-electron chi connectivity index (χ0n) is 8.96. The van der Waals surface area contributed by atoms with Crippen molar-refractivity contribution in [3.8, 4) is 0 Å². The molecular weight excluding hydrogens is 186 g/mol. The molecule has 1 aromatic carbocycles. The number of aryl methyl sites for hydroxylation is 1. The summed E-state index contributed by atoms with van der Waals surface area (Å²) in [4.78, 5) is 0. The molecule has 3 rings (SSSR count). The Morgan fingerprint density at radius 1 is 1.20 bits per heavy atom. The summed E-state index contributed by atoms with van der Waals surface area (Å²) >= 11 is 0. The summed E-state index contributed by atoms with van der Waals surface area (Å²) in [5.41, 5.74) is 3.08. The summed E-state index contributed by atoms with van der Waals surface area (Å²) in [6, 6.07) is 8.76. The standard InChI is InChI=1S/C13H17NO/c1-2-4-12-9-13(6-5-11(12)3-1)10-14-7-8-15-13/h1-4,14H,5-10H2. The van der Waals surface area contributed by atoms with Gasteiger partial charge in [-0.1, -0.05) is 24.3 Å². The van der Waals surface area contributed by atoms with Crippen LogP contribution in [0.5, 0.6) is 0 Å². The zero-order chi connectivity index (χ0) is 10.1. The van der Waals surface area contributed by atoms with Crippen LogP contribution in [-0.4, -0.2) is 25.3 Å². The van der Waals surface area contributed by atoms with E-state index < -0.39 is 0 Å². The molecule has 0 aromatic heterocycles. The lowest BCUT2D eigenvalue weighted by molar-refractivity contribution is -0.0739. The van der Waals surface area contributed by atoms with Gasteiger partial charge in [0.25, 0.3) is 0 Å². The Hall–Kier alpha value is -0.860. The quantitative estimate of drug-likeness (QED) is 0.690. The molecular formula is C13H17NO. The van der Waals surface area contributed by atoms with Gasteiger partial charge in [0.15, 0.2) is 0 Å². The van der Waals surface area contributed by atoms with E-state index >= 15 is 0 Å². The fourth-order valence-electron chi connectivity index (χ4n) is 2.75. The molecule has 1 N–H and O–H groups in total. The lowest BCUT2D eigenvalue weighted by Crippen LogP contribution is -2.52. The van der Waals surface area contributed by atoms with Gasteiger partial charge in [0.2, 0.25) is 0 Å². The SMILES string of the molecule is c1ccc2c(c1)CCC1(CNCCO1)C2. The van der Waals surface area contributed by atoms with E-state index in [9.17, 15) is 0 Å². The molecule has 0 amide bonds. The summed E-state index contributed by atoms with van der Waals surface area (Å²) < 4.78 is 6.00. The van der Waals surface area contributed by atoms with Gasteiger partial charge in [-0.25, -0.2) is 0 Å². The number of rotatable bonds is 0. The Bertz CT molecular complexity index is 355. The normalized spacial score (nSPS) is 30.1. The number of hydrogen-bond acceptors (Lipinski definition) is 2. The molecule has 1 spiro atoms. The average molecular weight is 203 g/mol. The summed E-state index contributed by atoms with van der Waals surface area (Å²) in [6.07, 6.45) is 3.41.